The van der Waals surface area contributed by atoms with Gasteiger partial charge in [-0.15, -0.1) is 6.58 Å². The van der Waals surface area contributed by atoms with Crippen LogP contribution in [-0.2, 0) is 11.2 Å². The minimum Gasteiger partial charge on any atom is -0.462 e. The minimum absolute atomic E-state index is 0.293. The van der Waals surface area contributed by atoms with Crippen molar-refractivity contribution in [1.29, 1.82) is 0 Å². The molecule has 1 rings (SSSR count). The predicted octanol–water partition coefficient (Wildman–Crippen LogP) is 3.37. The maximum absolute atomic E-state index is 11.5. The average Bonchev–Trinajstić information content (AvgIpc) is 2.45. The second kappa shape index (κ2) is 8.54. The number of aliphatic hydroxyl groups is 1. The zero-order valence-electron chi connectivity index (χ0n) is 12.3. The Balaban J connectivity index is 2.45. The fraction of sp³-hybridized carbons (Fsp3) is 0.471. The molecule has 0 amide bonds. The summed E-state index contributed by atoms with van der Waals surface area (Å²) in [5, 5.41) is 9.90. The molecule has 1 aromatic rings. The first-order chi connectivity index (χ1) is 9.56. The fourth-order valence-corrected chi connectivity index (χ4v) is 2.00. The van der Waals surface area contributed by atoms with Crippen molar-refractivity contribution in [2.75, 3.05) is 6.61 Å². The Bertz CT molecular complexity index is 422. The fourth-order valence-electron chi connectivity index (χ4n) is 2.00. The number of carbonyl (C=O) groups excluding carboxylic acids is 1. The molecule has 0 aliphatic rings. The van der Waals surface area contributed by atoms with Gasteiger partial charge in [-0.2, -0.15) is 0 Å². The van der Waals surface area contributed by atoms with Crippen LogP contribution in [0.1, 0.15) is 42.6 Å². The molecule has 0 bridgehead atoms. The van der Waals surface area contributed by atoms with Crippen LogP contribution in [0.3, 0.4) is 0 Å². The molecule has 0 saturated heterocycles. The Labute approximate surface area is 121 Å². The molecule has 20 heavy (non-hydrogen) atoms. The molecule has 110 valence electrons. The van der Waals surface area contributed by atoms with Gasteiger partial charge in [0.1, 0.15) is 0 Å². The first-order valence-corrected chi connectivity index (χ1v) is 7.13. The van der Waals surface area contributed by atoms with Crippen molar-refractivity contribution in [3.05, 3.63) is 48.0 Å². The molecular weight excluding hydrogens is 252 g/mol. The summed E-state index contributed by atoms with van der Waals surface area (Å²) in [4.78, 5) is 11.5. The molecule has 3 heteroatoms. The quantitative estimate of drug-likeness (QED) is 0.585. The first-order valence-electron chi connectivity index (χ1n) is 7.13. The zero-order chi connectivity index (χ0) is 15.0. The highest BCUT2D eigenvalue weighted by atomic mass is 16.5. The van der Waals surface area contributed by atoms with Gasteiger partial charge < -0.3 is 9.84 Å². The first kappa shape index (κ1) is 16.4. The minimum atomic E-state index is -0.312. The Morgan fingerprint density at radius 2 is 2.05 bits per heavy atom. The number of aliphatic hydroxyl groups excluding tert-OH is 1. The maximum Gasteiger partial charge on any atom is 0.338 e. The number of hydrogen-bond acceptors (Lipinski definition) is 3. The molecule has 0 aromatic heterocycles. The molecule has 0 aliphatic heterocycles. The van der Waals surface area contributed by atoms with Crippen molar-refractivity contribution < 1.29 is 14.6 Å². The number of rotatable bonds is 8. The van der Waals surface area contributed by atoms with Crippen LogP contribution in [0, 0.1) is 5.92 Å². The normalized spacial score (nSPS) is 13.6. The van der Waals surface area contributed by atoms with Crippen molar-refractivity contribution in [1.82, 2.24) is 0 Å². The van der Waals surface area contributed by atoms with E-state index in [2.05, 4.69) is 6.58 Å². The molecule has 3 nitrogen and oxygen atoms in total. The van der Waals surface area contributed by atoms with E-state index in [1.807, 2.05) is 25.1 Å². The maximum atomic E-state index is 11.5. The Morgan fingerprint density at radius 3 is 2.60 bits per heavy atom. The molecule has 1 N–H and O–H groups in total. The van der Waals surface area contributed by atoms with Crippen molar-refractivity contribution in [2.24, 2.45) is 5.92 Å². The van der Waals surface area contributed by atoms with Gasteiger partial charge in [0.2, 0.25) is 0 Å². The van der Waals surface area contributed by atoms with E-state index >= 15 is 0 Å². The lowest BCUT2D eigenvalue weighted by molar-refractivity contribution is 0.0526. The van der Waals surface area contributed by atoms with Crippen molar-refractivity contribution in [3.8, 4) is 0 Å². The van der Waals surface area contributed by atoms with Crippen LogP contribution in [-0.4, -0.2) is 23.8 Å². The van der Waals surface area contributed by atoms with E-state index in [-0.39, 0.29) is 12.1 Å². The van der Waals surface area contributed by atoms with Crippen LogP contribution < -0.4 is 0 Å². The van der Waals surface area contributed by atoms with Gasteiger partial charge in [0.15, 0.2) is 0 Å². The molecule has 0 fully saturated rings. The monoisotopic (exact) mass is 276 g/mol. The Hall–Kier alpha value is -1.61. The van der Waals surface area contributed by atoms with Gasteiger partial charge in [-0.25, -0.2) is 4.79 Å². The van der Waals surface area contributed by atoms with Crippen molar-refractivity contribution >= 4 is 5.97 Å². The van der Waals surface area contributed by atoms with Crippen molar-refractivity contribution in [3.63, 3.8) is 0 Å². The summed E-state index contributed by atoms with van der Waals surface area (Å²) in [6.07, 6.45) is 3.81. The SMILES string of the molecule is C=C[C@H](C)C[C@H](O)CCc1ccc(C(=O)OCC)cc1. The third-order valence-corrected chi connectivity index (χ3v) is 3.28. The lowest BCUT2D eigenvalue weighted by Gasteiger charge is -2.13. The van der Waals surface area contributed by atoms with Crippen LogP contribution in [0.2, 0.25) is 0 Å². The smallest absolute Gasteiger partial charge is 0.338 e. The van der Waals surface area contributed by atoms with Crippen LogP contribution in [0.5, 0.6) is 0 Å². The van der Waals surface area contributed by atoms with Crippen LogP contribution in [0.4, 0.5) is 0 Å². The lowest BCUT2D eigenvalue weighted by atomic mass is 9.98. The second-order valence-electron chi connectivity index (χ2n) is 5.06. The number of benzene rings is 1. The summed E-state index contributed by atoms with van der Waals surface area (Å²) in [7, 11) is 0. The molecule has 0 unspecified atom stereocenters. The van der Waals surface area contributed by atoms with Crippen LogP contribution in [0.25, 0.3) is 0 Å². The second-order valence-corrected chi connectivity index (χ2v) is 5.06. The number of ether oxygens (including phenoxy) is 1. The molecule has 2 atom stereocenters. The summed E-state index contributed by atoms with van der Waals surface area (Å²) >= 11 is 0. The Morgan fingerprint density at radius 1 is 1.40 bits per heavy atom. The van der Waals surface area contributed by atoms with Gasteiger partial charge in [0.05, 0.1) is 18.3 Å². The molecule has 1 aromatic carbocycles. The summed E-state index contributed by atoms with van der Waals surface area (Å²) in [6, 6.07) is 7.37. The van der Waals surface area contributed by atoms with Crippen LogP contribution in [0.15, 0.2) is 36.9 Å². The van der Waals surface area contributed by atoms with E-state index < -0.39 is 0 Å². The van der Waals surface area contributed by atoms with Gasteiger partial charge in [-0.1, -0.05) is 25.1 Å². The highest BCUT2D eigenvalue weighted by molar-refractivity contribution is 5.89. The number of esters is 1. The number of allylic oxidation sites excluding steroid dienone is 1. The van der Waals surface area contributed by atoms with Crippen LogP contribution >= 0.6 is 0 Å². The predicted molar refractivity (Wildman–Crippen MR) is 80.7 cm³/mol. The van der Waals surface area contributed by atoms with E-state index in [0.29, 0.717) is 18.1 Å². The third-order valence-electron chi connectivity index (χ3n) is 3.28. The van der Waals surface area contributed by atoms with Gasteiger partial charge in [0, 0.05) is 0 Å². The summed E-state index contributed by atoms with van der Waals surface area (Å²) in [5.41, 5.74) is 1.68. The topological polar surface area (TPSA) is 46.5 Å². The van der Waals surface area contributed by atoms with E-state index in [4.69, 9.17) is 4.74 Å². The third kappa shape index (κ3) is 5.57. The molecule has 0 saturated carbocycles. The Kier molecular flexibility index (Phi) is 7.02. The summed E-state index contributed by atoms with van der Waals surface area (Å²) < 4.78 is 4.93. The van der Waals surface area contributed by atoms with E-state index in [0.717, 1.165) is 24.8 Å². The number of hydrogen-bond donors (Lipinski definition) is 1. The van der Waals surface area contributed by atoms with E-state index in [1.165, 1.54) is 0 Å². The highest BCUT2D eigenvalue weighted by Crippen LogP contribution is 2.14. The lowest BCUT2D eigenvalue weighted by Crippen LogP contribution is -2.11. The number of carbonyl (C=O) groups is 1. The molecule has 0 heterocycles. The summed E-state index contributed by atoms with van der Waals surface area (Å²) in [5.74, 6) is 0.0371. The molecule has 0 spiro atoms. The molecule has 0 aliphatic carbocycles. The molecular formula is C17H24O3. The van der Waals surface area contributed by atoms with Gasteiger partial charge in [-0.3, -0.25) is 0 Å². The molecule has 0 radical (unpaired) electrons. The standard InChI is InChI=1S/C17H24O3/c1-4-13(3)12-16(18)11-8-14-6-9-15(10-7-14)17(19)20-5-2/h4,6-7,9-10,13,16,18H,1,5,8,11-12H2,2-3H3/t13-,16+/m0/s1. The number of aryl methyl sites for hydroxylation is 1. The average molecular weight is 276 g/mol. The summed E-state index contributed by atoms with van der Waals surface area (Å²) in [6.45, 7) is 7.94. The van der Waals surface area contributed by atoms with Gasteiger partial charge >= 0.3 is 5.97 Å². The highest BCUT2D eigenvalue weighted by Gasteiger charge is 2.09. The zero-order valence-corrected chi connectivity index (χ0v) is 12.3. The van der Waals surface area contributed by atoms with Gasteiger partial charge in [-0.05, 0) is 49.8 Å². The van der Waals surface area contributed by atoms with Gasteiger partial charge in [0.25, 0.3) is 0 Å². The largest absolute Gasteiger partial charge is 0.462 e. The van der Waals surface area contributed by atoms with E-state index in [9.17, 15) is 9.90 Å². The van der Waals surface area contributed by atoms with E-state index in [1.54, 1.807) is 19.1 Å². The van der Waals surface area contributed by atoms with Crippen molar-refractivity contribution in [2.45, 2.75) is 39.2 Å².